The van der Waals surface area contributed by atoms with Crippen molar-refractivity contribution in [3.8, 4) is 11.3 Å². The van der Waals surface area contributed by atoms with Crippen LogP contribution in [0.5, 0.6) is 0 Å². The summed E-state index contributed by atoms with van der Waals surface area (Å²) < 4.78 is 69.0. The third-order valence-corrected chi connectivity index (χ3v) is 6.43. The summed E-state index contributed by atoms with van der Waals surface area (Å²) in [4.78, 5) is 7.55. The van der Waals surface area contributed by atoms with Gasteiger partial charge in [-0.1, -0.05) is 18.2 Å². The molecule has 0 bridgehead atoms. The number of pyridine rings is 1. The van der Waals surface area contributed by atoms with Crippen LogP contribution in [-0.4, -0.2) is 24.1 Å². The minimum atomic E-state index is -4.76. The number of aromatic nitrogens is 2. The quantitative estimate of drug-likeness (QED) is 0.603. The van der Waals surface area contributed by atoms with Crippen molar-refractivity contribution in [3.05, 3.63) is 65.0 Å². The van der Waals surface area contributed by atoms with Gasteiger partial charge in [-0.05, 0) is 41.8 Å². The number of anilines is 1. The van der Waals surface area contributed by atoms with E-state index in [-0.39, 0.29) is 23.6 Å². The van der Waals surface area contributed by atoms with Gasteiger partial charge in [-0.15, -0.1) is 0 Å². The van der Waals surface area contributed by atoms with E-state index in [1.54, 1.807) is 12.1 Å². The predicted molar refractivity (Wildman–Crippen MR) is 99.9 cm³/mol. The van der Waals surface area contributed by atoms with Crippen molar-refractivity contribution in [1.29, 1.82) is 0 Å². The SMILES string of the molecule is O=S1(=O)CCc2ccccc2N1Cc1ccc(-c2nc(C(F)(F)F)oc2Cl)cn1. The molecule has 3 heterocycles. The van der Waals surface area contributed by atoms with Crippen molar-refractivity contribution in [2.24, 2.45) is 0 Å². The predicted octanol–water partition coefficient (Wildman–Crippen LogP) is 4.30. The number of oxazole rings is 1. The minimum absolute atomic E-state index is 0.0000244. The molecule has 0 N–H and O–H groups in total. The molecule has 2 aromatic heterocycles. The number of halogens is 4. The lowest BCUT2D eigenvalue weighted by Crippen LogP contribution is -2.37. The first-order valence-electron chi connectivity index (χ1n) is 8.42. The zero-order valence-electron chi connectivity index (χ0n) is 14.6. The first-order chi connectivity index (χ1) is 13.6. The molecular weight excluding hydrogens is 431 g/mol. The van der Waals surface area contributed by atoms with Gasteiger partial charge in [0.1, 0.15) is 5.69 Å². The van der Waals surface area contributed by atoms with Crippen LogP contribution in [0.15, 0.2) is 47.0 Å². The van der Waals surface area contributed by atoms with Crippen molar-refractivity contribution in [3.63, 3.8) is 0 Å². The maximum Gasteiger partial charge on any atom is 0.469 e. The van der Waals surface area contributed by atoms with E-state index in [9.17, 15) is 21.6 Å². The second-order valence-electron chi connectivity index (χ2n) is 6.38. The highest BCUT2D eigenvalue weighted by molar-refractivity contribution is 7.92. The number of aryl methyl sites for hydroxylation is 1. The van der Waals surface area contributed by atoms with E-state index < -0.39 is 27.3 Å². The zero-order valence-corrected chi connectivity index (χ0v) is 16.2. The third-order valence-electron chi connectivity index (χ3n) is 4.46. The molecule has 0 aliphatic carbocycles. The molecular formula is C18H13ClF3N3O3S. The van der Waals surface area contributed by atoms with Gasteiger partial charge in [-0.25, -0.2) is 13.4 Å². The van der Waals surface area contributed by atoms with Gasteiger partial charge in [0.15, 0.2) is 0 Å². The van der Waals surface area contributed by atoms with E-state index in [0.717, 1.165) is 5.56 Å². The van der Waals surface area contributed by atoms with Crippen molar-refractivity contribution in [2.75, 3.05) is 10.1 Å². The van der Waals surface area contributed by atoms with E-state index in [0.29, 0.717) is 17.8 Å². The Labute approximate surface area is 169 Å². The van der Waals surface area contributed by atoms with Gasteiger partial charge in [0.25, 0.3) is 0 Å². The first kappa shape index (κ1) is 19.7. The number of benzene rings is 1. The first-order valence-corrected chi connectivity index (χ1v) is 10.4. The molecule has 3 aromatic rings. The van der Waals surface area contributed by atoms with Crippen molar-refractivity contribution in [1.82, 2.24) is 9.97 Å². The number of para-hydroxylation sites is 1. The summed E-state index contributed by atoms with van der Waals surface area (Å²) in [7, 11) is -3.50. The van der Waals surface area contributed by atoms with E-state index in [1.165, 1.54) is 22.6 Å². The zero-order chi connectivity index (χ0) is 20.8. The van der Waals surface area contributed by atoms with E-state index in [1.807, 2.05) is 12.1 Å². The Morgan fingerprint density at radius 3 is 2.59 bits per heavy atom. The van der Waals surface area contributed by atoms with Gasteiger partial charge < -0.3 is 4.42 Å². The lowest BCUT2D eigenvalue weighted by atomic mass is 10.1. The average molecular weight is 444 g/mol. The lowest BCUT2D eigenvalue weighted by molar-refractivity contribution is -0.157. The van der Waals surface area contributed by atoms with Crippen molar-refractivity contribution in [2.45, 2.75) is 19.1 Å². The Morgan fingerprint density at radius 2 is 1.93 bits per heavy atom. The van der Waals surface area contributed by atoms with Crippen LogP contribution in [0.25, 0.3) is 11.3 Å². The Balaban J connectivity index is 1.62. The fraction of sp³-hybridized carbons (Fsp3) is 0.222. The Morgan fingerprint density at radius 1 is 1.17 bits per heavy atom. The summed E-state index contributed by atoms with van der Waals surface area (Å²) in [6.45, 7) is -0.0000244. The molecule has 0 atom stereocenters. The lowest BCUT2D eigenvalue weighted by Gasteiger charge is -2.30. The van der Waals surface area contributed by atoms with Crippen molar-refractivity contribution >= 4 is 27.3 Å². The molecule has 0 spiro atoms. The number of rotatable bonds is 3. The molecule has 1 aliphatic rings. The molecule has 0 saturated heterocycles. The highest BCUT2D eigenvalue weighted by atomic mass is 35.5. The molecule has 4 rings (SSSR count). The largest absolute Gasteiger partial charge is 0.469 e. The molecule has 1 aromatic carbocycles. The summed E-state index contributed by atoms with van der Waals surface area (Å²) in [5.74, 6) is -1.45. The summed E-state index contributed by atoms with van der Waals surface area (Å²) in [6, 6.07) is 10.2. The maximum absolute atomic E-state index is 12.7. The van der Waals surface area contributed by atoms with E-state index in [4.69, 9.17) is 11.6 Å². The minimum Gasteiger partial charge on any atom is -0.420 e. The van der Waals surface area contributed by atoms with Crippen molar-refractivity contribution < 1.29 is 26.0 Å². The molecule has 11 heteroatoms. The fourth-order valence-electron chi connectivity index (χ4n) is 3.05. The summed E-state index contributed by atoms with van der Waals surface area (Å²) in [5, 5.41) is -0.501. The Hall–Kier alpha value is -2.59. The van der Waals surface area contributed by atoms with Gasteiger partial charge >= 0.3 is 12.1 Å². The monoisotopic (exact) mass is 443 g/mol. The molecule has 6 nitrogen and oxygen atoms in total. The highest BCUT2D eigenvalue weighted by Crippen LogP contribution is 2.36. The molecule has 1 aliphatic heterocycles. The summed E-state index contributed by atoms with van der Waals surface area (Å²) >= 11 is 5.73. The van der Waals surface area contributed by atoms with Gasteiger partial charge in [0, 0.05) is 11.8 Å². The van der Waals surface area contributed by atoms with Crippen LogP contribution in [0, 0.1) is 0 Å². The molecule has 0 saturated carbocycles. The fourth-order valence-corrected chi connectivity index (χ4v) is 4.78. The maximum atomic E-state index is 12.7. The highest BCUT2D eigenvalue weighted by Gasteiger charge is 2.38. The Kier molecular flexibility index (Phi) is 4.78. The van der Waals surface area contributed by atoms with Gasteiger partial charge in [-0.2, -0.15) is 13.2 Å². The molecule has 29 heavy (non-hydrogen) atoms. The normalized spacial score (nSPS) is 15.9. The summed E-state index contributed by atoms with van der Waals surface area (Å²) in [5.41, 5.74) is 1.98. The molecule has 0 radical (unpaired) electrons. The van der Waals surface area contributed by atoms with Crippen LogP contribution in [0.2, 0.25) is 5.22 Å². The number of nitrogens with zero attached hydrogens (tertiary/aromatic N) is 3. The number of alkyl halides is 3. The topological polar surface area (TPSA) is 76.3 Å². The van der Waals surface area contributed by atoms with E-state index >= 15 is 0 Å². The number of sulfonamides is 1. The van der Waals surface area contributed by atoms with Gasteiger partial charge in [0.05, 0.1) is 23.7 Å². The standard InChI is InChI=1S/C18H13ClF3N3O3S/c19-16-15(24-17(28-16)18(20,21)22)12-5-6-13(23-9-12)10-25-14-4-2-1-3-11(14)7-8-29(25,26)27/h1-6,9H,7-8,10H2. The second kappa shape index (κ2) is 7.03. The van der Waals surface area contributed by atoms with Crippen LogP contribution < -0.4 is 4.31 Å². The smallest absolute Gasteiger partial charge is 0.420 e. The number of hydrogen-bond acceptors (Lipinski definition) is 5. The summed E-state index contributed by atoms with van der Waals surface area (Å²) in [6.07, 6.45) is -3.04. The number of fused-ring (bicyclic) bond motifs is 1. The molecule has 0 amide bonds. The van der Waals surface area contributed by atoms with Crippen LogP contribution in [0.1, 0.15) is 17.1 Å². The third kappa shape index (κ3) is 3.82. The average Bonchev–Trinajstić information content (AvgIpc) is 3.07. The molecule has 0 fully saturated rings. The van der Waals surface area contributed by atoms with Gasteiger partial charge in [-0.3, -0.25) is 9.29 Å². The van der Waals surface area contributed by atoms with Crippen LogP contribution in [0.3, 0.4) is 0 Å². The van der Waals surface area contributed by atoms with Crippen LogP contribution >= 0.6 is 11.6 Å². The second-order valence-corrected chi connectivity index (χ2v) is 8.73. The van der Waals surface area contributed by atoms with E-state index in [2.05, 4.69) is 14.4 Å². The Bertz CT molecular complexity index is 1160. The van der Waals surface area contributed by atoms with Crippen LogP contribution in [0.4, 0.5) is 18.9 Å². The van der Waals surface area contributed by atoms with Gasteiger partial charge in [0.2, 0.25) is 15.2 Å². The number of hydrogen-bond donors (Lipinski definition) is 0. The van der Waals surface area contributed by atoms with Crippen LogP contribution in [-0.2, 0) is 29.2 Å². The molecule has 152 valence electrons. The molecule has 0 unspecified atom stereocenters.